The van der Waals surface area contributed by atoms with Crippen LogP contribution in [0, 0.1) is 0 Å². The summed E-state index contributed by atoms with van der Waals surface area (Å²) in [4.78, 5) is 14.4. The first-order valence-corrected chi connectivity index (χ1v) is 4.15. The molecular weight excluding hydrogens is 206 g/mol. The van der Waals surface area contributed by atoms with Crippen LogP contribution in [0.4, 0.5) is 14.6 Å². The van der Waals surface area contributed by atoms with E-state index in [0.29, 0.717) is 5.56 Å². The Morgan fingerprint density at radius 2 is 2.27 bits per heavy atom. The first-order valence-electron chi connectivity index (χ1n) is 4.15. The molecule has 0 spiro atoms. The number of halogens is 2. The summed E-state index contributed by atoms with van der Waals surface area (Å²) in [6.45, 7) is 0. The van der Waals surface area contributed by atoms with Gasteiger partial charge in [0.05, 0.1) is 13.5 Å². The van der Waals surface area contributed by atoms with Crippen molar-refractivity contribution in [2.45, 2.75) is 12.8 Å². The summed E-state index contributed by atoms with van der Waals surface area (Å²) in [6.07, 6.45) is -2.74. The Morgan fingerprint density at radius 1 is 1.60 bits per heavy atom. The van der Waals surface area contributed by atoms with Gasteiger partial charge in [-0.3, -0.25) is 4.79 Å². The molecule has 0 aliphatic heterocycles. The molecule has 1 aromatic heterocycles. The van der Waals surface area contributed by atoms with Gasteiger partial charge in [0, 0.05) is 5.56 Å². The summed E-state index contributed by atoms with van der Waals surface area (Å²) >= 11 is 0. The zero-order valence-corrected chi connectivity index (χ0v) is 8.04. The Balaban J connectivity index is 2.88. The number of alkyl halides is 2. The monoisotopic (exact) mass is 216 g/mol. The lowest BCUT2D eigenvalue weighted by Gasteiger charge is -2.05. The van der Waals surface area contributed by atoms with E-state index in [-0.39, 0.29) is 12.2 Å². The molecule has 1 heterocycles. The van der Waals surface area contributed by atoms with Crippen LogP contribution in [-0.2, 0) is 16.0 Å². The van der Waals surface area contributed by atoms with Crippen LogP contribution in [-0.4, -0.2) is 18.1 Å². The van der Waals surface area contributed by atoms with Crippen molar-refractivity contribution in [3.05, 3.63) is 23.4 Å². The van der Waals surface area contributed by atoms with Crippen molar-refractivity contribution in [2.24, 2.45) is 0 Å². The second-order valence-corrected chi connectivity index (χ2v) is 2.83. The van der Waals surface area contributed by atoms with Gasteiger partial charge in [0.1, 0.15) is 11.5 Å². The number of carbonyl (C=O) groups is 1. The van der Waals surface area contributed by atoms with Crippen LogP contribution in [0.5, 0.6) is 0 Å². The average molecular weight is 216 g/mol. The third kappa shape index (κ3) is 2.87. The van der Waals surface area contributed by atoms with Gasteiger partial charge in [-0.25, -0.2) is 13.8 Å². The SMILES string of the molecule is COC(=O)Cc1ccc(C(F)F)nc1N. The number of nitrogen functional groups attached to an aromatic ring is 1. The maximum atomic E-state index is 12.2. The Hall–Kier alpha value is -1.72. The molecule has 0 radical (unpaired) electrons. The Morgan fingerprint density at radius 3 is 2.73 bits per heavy atom. The number of esters is 1. The van der Waals surface area contributed by atoms with Gasteiger partial charge in [-0.1, -0.05) is 6.07 Å². The molecular formula is C9H10F2N2O2. The largest absolute Gasteiger partial charge is 0.469 e. The van der Waals surface area contributed by atoms with Gasteiger partial charge in [-0.15, -0.1) is 0 Å². The molecule has 0 amide bonds. The van der Waals surface area contributed by atoms with Crippen LogP contribution in [0.1, 0.15) is 17.7 Å². The van der Waals surface area contributed by atoms with Gasteiger partial charge in [0.2, 0.25) is 0 Å². The first-order chi connectivity index (χ1) is 7.04. The van der Waals surface area contributed by atoms with Crippen LogP contribution in [0.15, 0.2) is 12.1 Å². The topological polar surface area (TPSA) is 65.2 Å². The predicted octanol–water partition coefficient (Wildman–Crippen LogP) is 1.32. The third-order valence-corrected chi connectivity index (χ3v) is 1.82. The quantitative estimate of drug-likeness (QED) is 0.774. The average Bonchev–Trinajstić information content (AvgIpc) is 2.20. The zero-order valence-electron chi connectivity index (χ0n) is 8.04. The maximum Gasteiger partial charge on any atom is 0.310 e. The van der Waals surface area contributed by atoms with Crippen LogP contribution in [0.25, 0.3) is 0 Å². The number of rotatable bonds is 3. The van der Waals surface area contributed by atoms with Gasteiger partial charge in [-0.2, -0.15) is 0 Å². The minimum absolute atomic E-state index is 0.0706. The van der Waals surface area contributed by atoms with Crippen molar-refractivity contribution < 1.29 is 18.3 Å². The summed E-state index contributed by atoms with van der Waals surface area (Å²) in [5.74, 6) is -0.563. The van der Waals surface area contributed by atoms with Crippen molar-refractivity contribution in [3.8, 4) is 0 Å². The van der Waals surface area contributed by atoms with E-state index in [1.807, 2.05) is 0 Å². The van der Waals surface area contributed by atoms with E-state index in [1.165, 1.54) is 13.2 Å². The highest BCUT2D eigenvalue weighted by Crippen LogP contribution is 2.19. The fraction of sp³-hybridized carbons (Fsp3) is 0.333. The van der Waals surface area contributed by atoms with Gasteiger partial charge in [0.15, 0.2) is 0 Å². The molecule has 0 aliphatic carbocycles. The number of nitrogens with zero attached hydrogens (tertiary/aromatic N) is 1. The van der Waals surface area contributed by atoms with Crippen LogP contribution < -0.4 is 5.73 Å². The van der Waals surface area contributed by atoms with Crippen molar-refractivity contribution >= 4 is 11.8 Å². The first kappa shape index (κ1) is 11.4. The Kier molecular flexibility index (Phi) is 3.54. The minimum atomic E-state index is -2.67. The summed E-state index contributed by atoms with van der Waals surface area (Å²) in [6, 6.07) is 2.49. The van der Waals surface area contributed by atoms with E-state index < -0.39 is 18.1 Å². The number of pyridine rings is 1. The number of methoxy groups -OCH3 is 1. The highest BCUT2D eigenvalue weighted by atomic mass is 19.3. The van der Waals surface area contributed by atoms with Crippen molar-refractivity contribution in [2.75, 3.05) is 12.8 Å². The zero-order chi connectivity index (χ0) is 11.4. The molecule has 0 fully saturated rings. The molecule has 15 heavy (non-hydrogen) atoms. The lowest BCUT2D eigenvalue weighted by Crippen LogP contribution is -2.08. The molecule has 0 atom stereocenters. The Bertz CT molecular complexity index is 369. The number of ether oxygens (including phenoxy) is 1. The van der Waals surface area contributed by atoms with Crippen molar-refractivity contribution in [1.82, 2.24) is 4.98 Å². The van der Waals surface area contributed by atoms with Crippen LogP contribution in [0.3, 0.4) is 0 Å². The molecule has 0 saturated heterocycles. The highest BCUT2D eigenvalue weighted by Gasteiger charge is 2.12. The summed E-state index contributed by atoms with van der Waals surface area (Å²) in [5.41, 5.74) is 5.39. The van der Waals surface area contributed by atoms with E-state index in [9.17, 15) is 13.6 Å². The van der Waals surface area contributed by atoms with Crippen molar-refractivity contribution in [1.29, 1.82) is 0 Å². The molecule has 1 aromatic rings. The minimum Gasteiger partial charge on any atom is -0.469 e. The van der Waals surface area contributed by atoms with Gasteiger partial charge in [0.25, 0.3) is 6.43 Å². The Labute approximate surface area is 85.1 Å². The van der Waals surface area contributed by atoms with Crippen LogP contribution in [0.2, 0.25) is 0 Å². The van der Waals surface area contributed by atoms with Crippen LogP contribution >= 0.6 is 0 Å². The fourth-order valence-corrected chi connectivity index (χ4v) is 1.02. The molecule has 0 unspecified atom stereocenters. The predicted molar refractivity (Wildman–Crippen MR) is 49.3 cm³/mol. The molecule has 82 valence electrons. The van der Waals surface area contributed by atoms with E-state index in [0.717, 1.165) is 6.07 Å². The molecule has 0 aromatic carbocycles. The standard InChI is InChI=1S/C9H10F2N2O2/c1-15-7(14)4-5-2-3-6(8(10)11)13-9(5)12/h2-3,8H,4H2,1H3,(H2,12,13). The number of nitrogens with two attached hydrogens (primary N) is 1. The normalized spacial score (nSPS) is 10.4. The number of carbonyl (C=O) groups excluding carboxylic acids is 1. The van der Waals surface area contributed by atoms with Gasteiger partial charge in [-0.05, 0) is 6.07 Å². The lowest BCUT2D eigenvalue weighted by atomic mass is 10.2. The molecule has 4 nitrogen and oxygen atoms in total. The molecule has 0 bridgehead atoms. The smallest absolute Gasteiger partial charge is 0.310 e. The number of aromatic nitrogens is 1. The third-order valence-electron chi connectivity index (χ3n) is 1.82. The van der Waals surface area contributed by atoms with Gasteiger partial charge >= 0.3 is 5.97 Å². The van der Waals surface area contributed by atoms with E-state index in [2.05, 4.69) is 9.72 Å². The summed E-state index contributed by atoms with van der Waals surface area (Å²) < 4.78 is 28.8. The van der Waals surface area contributed by atoms with Crippen molar-refractivity contribution in [3.63, 3.8) is 0 Å². The fourth-order valence-electron chi connectivity index (χ4n) is 1.02. The molecule has 0 saturated carbocycles. The highest BCUT2D eigenvalue weighted by molar-refractivity contribution is 5.74. The second-order valence-electron chi connectivity index (χ2n) is 2.83. The number of hydrogen-bond donors (Lipinski definition) is 1. The molecule has 6 heteroatoms. The number of hydrogen-bond acceptors (Lipinski definition) is 4. The molecule has 2 N–H and O–H groups in total. The van der Waals surface area contributed by atoms with Gasteiger partial charge < -0.3 is 10.5 Å². The summed E-state index contributed by atoms with van der Waals surface area (Å²) in [5, 5.41) is 0. The second kappa shape index (κ2) is 4.68. The molecule has 1 rings (SSSR count). The van der Waals surface area contributed by atoms with E-state index in [1.54, 1.807) is 0 Å². The molecule has 0 aliphatic rings. The lowest BCUT2D eigenvalue weighted by molar-refractivity contribution is -0.139. The summed E-state index contributed by atoms with van der Waals surface area (Å²) in [7, 11) is 1.24. The van der Waals surface area contributed by atoms with E-state index in [4.69, 9.17) is 5.73 Å². The van der Waals surface area contributed by atoms with E-state index >= 15 is 0 Å². The number of anilines is 1. The maximum absolute atomic E-state index is 12.2.